The summed E-state index contributed by atoms with van der Waals surface area (Å²) in [4.78, 5) is 39.5. The maximum Gasteiger partial charge on any atom is 0.325 e. The van der Waals surface area contributed by atoms with Gasteiger partial charge in [0.1, 0.15) is 18.9 Å². The first-order valence-electron chi connectivity index (χ1n) is 9.43. The second-order valence-corrected chi connectivity index (χ2v) is 6.46. The highest BCUT2D eigenvalue weighted by atomic mass is 16.5. The number of benzene rings is 2. The predicted octanol–water partition coefficient (Wildman–Crippen LogP) is 2.82. The topological polar surface area (TPSA) is 107 Å². The number of hydrogen-bond donors (Lipinski definition) is 2. The Labute approximate surface area is 179 Å². The van der Waals surface area contributed by atoms with Crippen LogP contribution >= 0.6 is 0 Å². The van der Waals surface area contributed by atoms with E-state index in [0.717, 1.165) is 5.56 Å². The Morgan fingerprint density at radius 2 is 1.45 bits per heavy atom. The summed E-state index contributed by atoms with van der Waals surface area (Å²) in [5, 5.41) is 5.21. The Morgan fingerprint density at radius 3 is 2.10 bits per heavy atom. The quantitative estimate of drug-likeness (QED) is 0.544. The number of pyridine rings is 1. The van der Waals surface area contributed by atoms with E-state index in [4.69, 9.17) is 4.74 Å². The normalized spacial score (nSPS) is 10.1. The molecule has 0 saturated carbocycles. The van der Waals surface area contributed by atoms with E-state index < -0.39 is 11.9 Å². The maximum absolute atomic E-state index is 12.4. The first-order chi connectivity index (χ1) is 15.0. The molecular weight excluding hydrogens is 398 g/mol. The molecule has 0 aliphatic carbocycles. The van der Waals surface area contributed by atoms with Crippen LogP contribution in [0.4, 0.5) is 5.69 Å². The molecule has 0 radical (unpaired) electrons. The molecule has 0 bridgehead atoms. The van der Waals surface area contributed by atoms with Crippen LogP contribution in [0.3, 0.4) is 0 Å². The third-order valence-corrected chi connectivity index (χ3v) is 4.30. The Bertz CT molecular complexity index is 1040. The largest absolute Gasteiger partial charge is 0.489 e. The minimum Gasteiger partial charge on any atom is -0.489 e. The van der Waals surface area contributed by atoms with Crippen molar-refractivity contribution in [1.82, 2.24) is 10.3 Å². The minimum atomic E-state index is -0.536. The number of anilines is 1. The lowest BCUT2D eigenvalue weighted by molar-refractivity contribution is -0.139. The number of ether oxygens (including phenoxy) is 2. The zero-order chi connectivity index (χ0) is 22.1. The van der Waals surface area contributed by atoms with Gasteiger partial charge in [0.2, 0.25) is 0 Å². The number of amides is 2. The van der Waals surface area contributed by atoms with Crippen molar-refractivity contribution in [2.45, 2.75) is 6.61 Å². The highest BCUT2D eigenvalue weighted by Gasteiger charge is 2.10. The molecule has 0 fully saturated rings. The van der Waals surface area contributed by atoms with E-state index in [2.05, 4.69) is 20.4 Å². The zero-order valence-corrected chi connectivity index (χ0v) is 16.8. The van der Waals surface area contributed by atoms with E-state index in [1.54, 1.807) is 60.9 Å². The number of nitrogens with one attached hydrogen (secondary N) is 2. The predicted molar refractivity (Wildman–Crippen MR) is 114 cm³/mol. The van der Waals surface area contributed by atoms with Crippen LogP contribution in [0.2, 0.25) is 0 Å². The first kappa shape index (κ1) is 21.5. The summed E-state index contributed by atoms with van der Waals surface area (Å²) in [7, 11) is 1.25. The van der Waals surface area contributed by atoms with Crippen molar-refractivity contribution in [3.8, 4) is 5.75 Å². The van der Waals surface area contributed by atoms with Gasteiger partial charge < -0.3 is 20.1 Å². The molecule has 0 aliphatic heterocycles. The molecule has 0 unspecified atom stereocenters. The maximum atomic E-state index is 12.4. The summed E-state index contributed by atoms with van der Waals surface area (Å²) < 4.78 is 10.2. The monoisotopic (exact) mass is 419 g/mol. The van der Waals surface area contributed by atoms with Crippen molar-refractivity contribution >= 4 is 23.5 Å². The van der Waals surface area contributed by atoms with E-state index in [1.807, 2.05) is 12.1 Å². The van der Waals surface area contributed by atoms with Gasteiger partial charge in [0.15, 0.2) is 0 Å². The lowest BCUT2D eigenvalue weighted by Crippen LogP contribution is -2.30. The van der Waals surface area contributed by atoms with E-state index in [-0.39, 0.29) is 12.5 Å². The first-order valence-corrected chi connectivity index (χ1v) is 9.43. The number of hydrogen-bond acceptors (Lipinski definition) is 6. The van der Waals surface area contributed by atoms with Gasteiger partial charge in [-0.15, -0.1) is 0 Å². The average Bonchev–Trinajstić information content (AvgIpc) is 2.82. The van der Waals surface area contributed by atoms with Crippen molar-refractivity contribution in [3.05, 3.63) is 89.7 Å². The fourth-order valence-electron chi connectivity index (χ4n) is 2.58. The number of aromatic nitrogens is 1. The summed E-state index contributed by atoms with van der Waals surface area (Å²) in [6.45, 7) is 0.198. The number of methoxy groups -OCH3 is 1. The summed E-state index contributed by atoms with van der Waals surface area (Å²) in [5.74, 6) is -0.587. The van der Waals surface area contributed by atoms with Gasteiger partial charge in [-0.3, -0.25) is 19.4 Å². The third-order valence-electron chi connectivity index (χ3n) is 4.30. The van der Waals surface area contributed by atoms with Crippen molar-refractivity contribution in [2.75, 3.05) is 19.0 Å². The van der Waals surface area contributed by atoms with E-state index in [0.29, 0.717) is 29.2 Å². The SMILES string of the molecule is COC(=O)CNC(=O)c1ccc(NC(=O)c2ccc(OCc3ccncc3)cc2)cc1. The molecule has 0 spiro atoms. The van der Waals surface area contributed by atoms with Gasteiger partial charge in [-0.25, -0.2) is 0 Å². The van der Waals surface area contributed by atoms with E-state index in [9.17, 15) is 14.4 Å². The molecule has 2 amide bonds. The molecule has 3 aromatic rings. The van der Waals surface area contributed by atoms with Gasteiger partial charge >= 0.3 is 5.97 Å². The molecule has 1 aromatic heterocycles. The van der Waals surface area contributed by atoms with Crippen molar-refractivity contribution in [1.29, 1.82) is 0 Å². The highest BCUT2D eigenvalue weighted by Crippen LogP contribution is 2.16. The number of carbonyl (C=O) groups is 3. The molecule has 0 aliphatic rings. The second kappa shape index (κ2) is 10.5. The average molecular weight is 419 g/mol. The summed E-state index contributed by atoms with van der Waals surface area (Å²) in [6.07, 6.45) is 3.40. The Morgan fingerprint density at radius 1 is 0.839 bits per heavy atom. The van der Waals surface area contributed by atoms with Gasteiger partial charge in [0.05, 0.1) is 7.11 Å². The fourth-order valence-corrected chi connectivity index (χ4v) is 2.58. The Kier molecular flexibility index (Phi) is 7.31. The second-order valence-electron chi connectivity index (χ2n) is 6.46. The van der Waals surface area contributed by atoms with Crippen LogP contribution in [0.1, 0.15) is 26.3 Å². The van der Waals surface area contributed by atoms with Gasteiger partial charge in [-0.05, 0) is 66.2 Å². The van der Waals surface area contributed by atoms with Gasteiger partial charge in [-0.2, -0.15) is 0 Å². The van der Waals surface area contributed by atoms with Gasteiger partial charge in [-0.1, -0.05) is 0 Å². The van der Waals surface area contributed by atoms with Crippen LogP contribution in [-0.2, 0) is 16.1 Å². The number of rotatable bonds is 8. The van der Waals surface area contributed by atoms with Crippen molar-refractivity contribution in [3.63, 3.8) is 0 Å². The minimum absolute atomic E-state index is 0.212. The van der Waals surface area contributed by atoms with Crippen LogP contribution in [0.25, 0.3) is 0 Å². The van der Waals surface area contributed by atoms with Gasteiger partial charge in [0.25, 0.3) is 11.8 Å². The van der Waals surface area contributed by atoms with Crippen LogP contribution in [0.15, 0.2) is 73.1 Å². The van der Waals surface area contributed by atoms with E-state index >= 15 is 0 Å². The molecule has 0 saturated heterocycles. The van der Waals surface area contributed by atoms with Gasteiger partial charge in [0, 0.05) is 29.2 Å². The van der Waals surface area contributed by atoms with E-state index in [1.165, 1.54) is 7.11 Å². The zero-order valence-electron chi connectivity index (χ0n) is 16.8. The molecule has 3 rings (SSSR count). The highest BCUT2D eigenvalue weighted by molar-refractivity contribution is 6.04. The van der Waals surface area contributed by atoms with Crippen LogP contribution < -0.4 is 15.4 Å². The van der Waals surface area contributed by atoms with Crippen LogP contribution in [-0.4, -0.2) is 36.4 Å². The fraction of sp³-hybridized carbons (Fsp3) is 0.130. The Balaban J connectivity index is 1.52. The lowest BCUT2D eigenvalue weighted by atomic mass is 10.1. The molecule has 0 atom stereocenters. The lowest BCUT2D eigenvalue weighted by Gasteiger charge is -2.09. The van der Waals surface area contributed by atoms with Crippen molar-refractivity contribution < 1.29 is 23.9 Å². The smallest absolute Gasteiger partial charge is 0.325 e. The van der Waals surface area contributed by atoms with Crippen LogP contribution in [0.5, 0.6) is 5.75 Å². The molecular formula is C23H21N3O5. The summed E-state index contributed by atoms with van der Waals surface area (Å²) in [5.41, 5.74) is 2.36. The van der Waals surface area contributed by atoms with Crippen molar-refractivity contribution in [2.24, 2.45) is 0 Å². The summed E-state index contributed by atoms with van der Waals surface area (Å²) >= 11 is 0. The third kappa shape index (κ3) is 6.40. The Hall–Kier alpha value is -4.20. The molecule has 2 N–H and O–H groups in total. The summed E-state index contributed by atoms with van der Waals surface area (Å²) in [6, 6.07) is 16.9. The molecule has 2 aromatic carbocycles. The molecule has 1 heterocycles. The number of nitrogens with zero attached hydrogens (tertiary/aromatic N) is 1. The molecule has 8 nitrogen and oxygen atoms in total. The number of carbonyl (C=O) groups excluding carboxylic acids is 3. The standard InChI is InChI=1S/C23H21N3O5/c1-30-21(27)14-25-22(28)17-2-6-19(7-3-17)26-23(29)18-4-8-20(9-5-18)31-15-16-10-12-24-13-11-16/h2-13H,14-15H2,1H3,(H,25,28)(H,26,29). The molecule has 31 heavy (non-hydrogen) atoms. The molecule has 8 heteroatoms. The number of esters is 1. The van der Waals surface area contributed by atoms with Crippen LogP contribution in [0, 0.1) is 0 Å². The molecule has 158 valence electrons.